The number of hydrogen-bond donors (Lipinski definition) is 0. The number of halogens is 1. The molecule has 4 heteroatoms. The molecule has 0 amide bonds. The number of benzene rings is 2. The molecule has 21 heavy (non-hydrogen) atoms. The highest BCUT2D eigenvalue weighted by Gasteiger charge is 2.12. The zero-order chi connectivity index (χ0) is 15.2. The Hall–Kier alpha value is -1.63. The van der Waals surface area contributed by atoms with Crippen molar-refractivity contribution in [2.24, 2.45) is 0 Å². The van der Waals surface area contributed by atoms with Gasteiger partial charge in [0.25, 0.3) is 0 Å². The molecule has 0 bridgehead atoms. The number of thioether (sulfide) groups is 1. The molecule has 0 aliphatic heterocycles. The maximum Gasteiger partial charge on any atom is 0.103 e. The molecule has 2 aromatic carbocycles. The van der Waals surface area contributed by atoms with E-state index in [9.17, 15) is 5.26 Å². The minimum atomic E-state index is 0.737. The van der Waals surface area contributed by atoms with Crippen LogP contribution >= 0.6 is 23.4 Å². The summed E-state index contributed by atoms with van der Waals surface area (Å²) in [6, 6.07) is 16.1. The van der Waals surface area contributed by atoms with Crippen molar-refractivity contribution in [3.05, 3.63) is 58.6 Å². The lowest BCUT2D eigenvalue weighted by atomic mass is 10.1. The van der Waals surface area contributed by atoms with Crippen molar-refractivity contribution in [1.82, 2.24) is 0 Å². The molecule has 0 atom stereocenters. The third-order valence-electron chi connectivity index (χ3n) is 3.16. The van der Waals surface area contributed by atoms with Gasteiger partial charge in [0.15, 0.2) is 0 Å². The first-order valence-corrected chi connectivity index (χ1v) is 8.13. The van der Waals surface area contributed by atoms with Crippen LogP contribution in [-0.4, -0.2) is 12.8 Å². The van der Waals surface area contributed by atoms with Gasteiger partial charge in [-0.1, -0.05) is 36.7 Å². The maximum absolute atomic E-state index is 9.47. The van der Waals surface area contributed by atoms with Crippen LogP contribution in [0.5, 0.6) is 0 Å². The molecule has 0 radical (unpaired) electrons. The van der Waals surface area contributed by atoms with Gasteiger partial charge < -0.3 is 4.90 Å². The molecule has 0 spiro atoms. The third-order valence-corrected chi connectivity index (χ3v) is 4.35. The number of nitrogens with zero attached hydrogens (tertiary/aromatic N) is 2. The zero-order valence-electron chi connectivity index (χ0n) is 12.1. The first-order chi connectivity index (χ1) is 10.2. The van der Waals surface area contributed by atoms with E-state index in [2.05, 4.69) is 17.9 Å². The Morgan fingerprint density at radius 3 is 2.52 bits per heavy atom. The van der Waals surface area contributed by atoms with Crippen LogP contribution in [-0.2, 0) is 6.54 Å². The standard InChI is InChI=1S/C17H17ClN2S/c1-3-21-17-6-4-5-16(15(17)11-19)20(2)12-13-7-9-14(18)10-8-13/h4-10H,3,12H2,1-2H3. The molecule has 0 N–H and O–H groups in total. The fraction of sp³-hybridized carbons (Fsp3) is 0.235. The van der Waals surface area contributed by atoms with E-state index < -0.39 is 0 Å². The predicted octanol–water partition coefficient (Wildman–Crippen LogP) is 4.96. The minimum absolute atomic E-state index is 0.737. The van der Waals surface area contributed by atoms with Crippen LogP contribution in [0.1, 0.15) is 18.1 Å². The third kappa shape index (κ3) is 3.93. The Bertz CT molecular complexity index is 647. The van der Waals surface area contributed by atoms with Crippen molar-refractivity contribution in [3.8, 4) is 6.07 Å². The van der Waals surface area contributed by atoms with Crippen LogP contribution in [0.15, 0.2) is 47.4 Å². The van der Waals surface area contributed by atoms with Crippen LogP contribution in [0.3, 0.4) is 0 Å². The lowest BCUT2D eigenvalue weighted by Crippen LogP contribution is -2.17. The van der Waals surface area contributed by atoms with Crippen molar-refractivity contribution in [2.75, 3.05) is 17.7 Å². The van der Waals surface area contributed by atoms with E-state index in [1.165, 1.54) is 5.56 Å². The van der Waals surface area contributed by atoms with Gasteiger partial charge in [0.2, 0.25) is 0 Å². The second kappa shape index (κ2) is 7.40. The molecule has 0 aromatic heterocycles. The van der Waals surface area contributed by atoms with Gasteiger partial charge in [-0.2, -0.15) is 5.26 Å². The average molecular weight is 317 g/mol. The molecule has 0 unspecified atom stereocenters. The number of rotatable bonds is 5. The molecule has 0 fully saturated rings. The topological polar surface area (TPSA) is 27.0 Å². The zero-order valence-corrected chi connectivity index (χ0v) is 13.7. The van der Waals surface area contributed by atoms with Gasteiger partial charge >= 0.3 is 0 Å². The normalized spacial score (nSPS) is 10.2. The molecule has 2 rings (SSSR count). The summed E-state index contributed by atoms with van der Waals surface area (Å²) in [6.45, 7) is 2.84. The van der Waals surface area contributed by atoms with Gasteiger partial charge in [-0.25, -0.2) is 0 Å². The minimum Gasteiger partial charge on any atom is -0.369 e. The fourth-order valence-corrected chi connectivity index (χ4v) is 3.08. The summed E-state index contributed by atoms with van der Waals surface area (Å²) < 4.78 is 0. The molecule has 0 saturated carbocycles. The van der Waals surface area contributed by atoms with Gasteiger partial charge in [-0.15, -0.1) is 11.8 Å². The van der Waals surface area contributed by atoms with Crippen LogP contribution < -0.4 is 4.90 Å². The molecule has 108 valence electrons. The Balaban J connectivity index is 2.26. The van der Waals surface area contributed by atoms with E-state index in [4.69, 9.17) is 11.6 Å². The van der Waals surface area contributed by atoms with Gasteiger partial charge in [0.05, 0.1) is 11.3 Å². The van der Waals surface area contributed by atoms with Crippen molar-refractivity contribution in [3.63, 3.8) is 0 Å². The van der Waals surface area contributed by atoms with E-state index in [1.54, 1.807) is 11.8 Å². The summed E-state index contributed by atoms with van der Waals surface area (Å²) in [7, 11) is 2.01. The highest BCUT2D eigenvalue weighted by molar-refractivity contribution is 7.99. The van der Waals surface area contributed by atoms with E-state index in [0.29, 0.717) is 0 Å². The van der Waals surface area contributed by atoms with Crippen molar-refractivity contribution in [1.29, 1.82) is 5.26 Å². The summed E-state index contributed by atoms with van der Waals surface area (Å²) in [6.07, 6.45) is 0. The van der Waals surface area contributed by atoms with E-state index >= 15 is 0 Å². The van der Waals surface area contributed by atoms with Crippen molar-refractivity contribution >= 4 is 29.1 Å². The predicted molar refractivity (Wildman–Crippen MR) is 91.1 cm³/mol. The van der Waals surface area contributed by atoms with E-state index in [1.807, 2.05) is 49.5 Å². The summed E-state index contributed by atoms with van der Waals surface area (Å²) in [5.41, 5.74) is 2.88. The summed E-state index contributed by atoms with van der Waals surface area (Å²) in [4.78, 5) is 3.14. The smallest absolute Gasteiger partial charge is 0.103 e. The molecule has 0 saturated heterocycles. The highest BCUT2D eigenvalue weighted by Crippen LogP contribution is 2.30. The maximum atomic E-state index is 9.47. The van der Waals surface area contributed by atoms with Gasteiger partial charge in [-0.05, 0) is 35.6 Å². The molecule has 2 nitrogen and oxygen atoms in total. The summed E-state index contributed by atoms with van der Waals surface area (Å²) in [5.74, 6) is 0.957. The second-order valence-corrected chi connectivity index (χ2v) is 6.42. The van der Waals surface area contributed by atoms with E-state index in [0.717, 1.165) is 33.5 Å². The highest BCUT2D eigenvalue weighted by atomic mass is 35.5. The van der Waals surface area contributed by atoms with Gasteiger partial charge in [0, 0.05) is 23.5 Å². The molecule has 0 aliphatic carbocycles. The Morgan fingerprint density at radius 1 is 1.19 bits per heavy atom. The van der Waals surface area contributed by atoms with Gasteiger partial charge in [0.1, 0.15) is 6.07 Å². The fourth-order valence-electron chi connectivity index (χ4n) is 2.17. The van der Waals surface area contributed by atoms with Crippen LogP contribution in [0.2, 0.25) is 5.02 Å². The first kappa shape index (κ1) is 15.8. The number of nitriles is 1. The molecule has 0 heterocycles. The Kier molecular flexibility index (Phi) is 5.55. The average Bonchev–Trinajstić information content (AvgIpc) is 2.49. The number of hydrogen-bond acceptors (Lipinski definition) is 3. The summed E-state index contributed by atoms with van der Waals surface area (Å²) >= 11 is 7.61. The lowest BCUT2D eigenvalue weighted by Gasteiger charge is -2.21. The molecular weight excluding hydrogens is 300 g/mol. The summed E-state index contributed by atoms with van der Waals surface area (Å²) in [5, 5.41) is 10.2. The Morgan fingerprint density at radius 2 is 1.90 bits per heavy atom. The second-order valence-electron chi connectivity index (χ2n) is 4.68. The number of anilines is 1. The molecular formula is C17H17ClN2S. The van der Waals surface area contributed by atoms with Gasteiger partial charge in [-0.3, -0.25) is 0 Å². The quantitative estimate of drug-likeness (QED) is 0.729. The van der Waals surface area contributed by atoms with Crippen LogP contribution in [0, 0.1) is 11.3 Å². The monoisotopic (exact) mass is 316 g/mol. The molecule has 0 aliphatic rings. The Labute approximate surface area is 135 Å². The van der Waals surface area contributed by atoms with E-state index in [-0.39, 0.29) is 0 Å². The van der Waals surface area contributed by atoms with Crippen molar-refractivity contribution < 1.29 is 0 Å². The van der Waals surface area contributed by atoms with Crippen molar-refractivity contribution in [2.45, 2.75) is 18.4 Å². The van der Waals surface area contributed by atoms with Crippen LogP contribution in [0.4, 0.5) is 5.69 Å². The molecule has 2 aromatic rings. The largest absolute Gasteiger partial charge is 0.369 e. The lowest BCUT2D eigenvalue weighted by molar-refractivity contribution is 0.917. The van der Waals surface area contributed by atoms with Crippen LogP contribution in [0.25, 0.3) is 0 Å². The first-order valence-electron chi connectivity index (χ1n) is 6.77. The SMILES string of the molecule is CCSc1cccc(N(C)Cc2ccc(Cl)cc2)c1C#N.